The molecular formula is C30H31ClN2O4. The molecule has 2 aliphatic heterocycles. The van der Waals surface area contributed by atoms with Gasteiger partial charge in [0.2, 0.25) is 0 Å². The van der Waals surface area contributed by atoms with Gasteiger partial charge in [0.1, 0.15) is 12.4 Å². The van der Waals surface area contributed by atoms with Gasteiger partial charge < -0.3 is 19.8 Å². The summed E-state index contributed by atoms with van der Waals surface area (Å²) in [6.45, 7) is 6.88. The minimum absolute atomic E-state index is 0.222. The number of halogens is 1. The number of ether oxygens (including phenoxy) is 1. The summed E-state index contributed by atoms with van der Waals surface area (Å²) in [6, 6.07) is 16.4. The van der Waals surface area contributed by atoms with Crippen LogP contribution in [-0.2, 0) is 12.2 Å². The van der Waals surface area contributed by atoms with Gasteiger partial charge in [0, 0.05) is 47.4 Å². The van der Waals surface area contributed by atoms with E-state index in [0.717, 1.165) is 54.0 Å². The Morgan fingerprint density at radius 2 is 1.95 bits per heavy atom. The summed E-state index contributed by atoms with van der Waals surface area (Å²) in [5, 5.41) is 21.9. The third kappa shape index (κ3) is 4.89. The molecule has 0 bridgehead atoms. The van der Waals surface area contributed by atoms with E-state index < -0.39 is 11.6 Å². The first-order valence-electron chi connectivity index (χ1n) is 12.5. The molecule has 0 saturated carbocycles. The number of rotatable bonds is 5. The number of pyridine rings is 1. The maximum Gasteiger partial charge on any atom is 0.335 e. The highest BCUT2D eigenvalue weighted by Gasteiger charge is 2.48. The quantitative estimate of drug-likeness (QED) is 0.446. The van der Waals surface area contributed by atoms with E-state index in [1.165, 1.54) is 0 Å². The minimum atomic E-state index is -0.971. The third-order valence-electron chi connectivity index (χ3n) is 7.71. The molecule has 2 aromatic carbocycles. The van der Waals surface area contributed by atoms with Crippen LogP contribution in [0.1, 0.15) is 59.4 Å². The second kappa shape index (κ2) is 9.93. The normalized spacial score (nSPS) is 22.0. The number of piperidine rings is 1. The van der Waals surface area contributed by atoms with Crippen molar-refractivity contribution in [2.75, 3.05) is 19.6 Å². The van der Waals surface area contributed by atoms with E-state index in [1.807, 2.05) is 36.4 Å². The second-order valence-corrected chi connectivity index (χ2v) is 10.9. The van der Waals surface area contributed by atoms with Crippen LogP contribution >= 0.6 is 11.6 Å². The molecule has 1 atom stereocenters. The second-order valence-electron chi connectivity index (χ2n) is 10.5. The Morgan fingerprint density at radius 1 is 1.16 bits per heavy atom. The largest absolute Gasteiger partial charge is 0.487 e. The SMILES string of the molecule is CC1(C)CN(CCC=C2c3cc(C(=O)O)ccc3OCc3ncccc32)CC[C@]1(O)c1ccc(Cl)cc1. The van der Waals surface area contributed by atoms with Crippen LogP contribution in [0.5, 0.6) is 5.75 Å². The van der Waals surface area contributed by atoms with Crippen LogP contribution in [0.4, 0.5) is 0 Å². The number of benzene rings is 2. The number of aliphatic hydroxyl groups is 1. The van der Waals surface area contributed by atoms with E-state index in [0.29, 0.717) is 23.8 Å². The highest BCUT2D eigenvalue weighted by atomic mass is 35.5. The van der Waals surface area contributed by atoms with Crippen molar-refractivity contribution in [1.29, 1.82) is 0 Å². The van der Waals surface area contributed by atoms with Crippen LogP contribution < -0.4 is 4.74 Å². The van der Waals surface area contributed by atoms with E-state index in [9.17, 15) is 15.0 Å². The smallest absolute Gasteiger partial charge is 0.335 e. The van der Waals surface area contributed by atoms with Crippen molar-refractivity contribution in [2.24, 2.45) is 5.41 Å². The molecule has 0 unspecified atom stereocenters. The fourth-order valence-corrected chi connectivity index (χ4v) is 5.70. The van der Waals surface area contributed by atoms with Crippen LogP contribution in [0.25, 0.3) is 5.57 Å². The molecule has 1 aromatic heterocycles. The van der Waals surface area contributed by atoms with Crippen molar-refractivity contribution in [3.63, 3.8) is 0 Å². The zero-order chi connectivity index (χ0) is 26.2. The molecule has 2 aliphatic rings. The standard InChI is InChI=1S/C30H31ClN2O4/c1-29(2)19-33(16-13-30(29,36)21-8-10-22(31)11-9-21)15-4-6-23-24-5-3-14-32-26(24)18-37-27-12-7-20(28(34)35)17-25(23)27/h3,5-12,14,17,36H,4,13,15-16,18-19H2,1-2H3,(H,34,35)/t30-/m0/s1. The van der Waals surface area contributed by atoms with E-state index in [1.54, 1.807) is 24.4 Å². The van der Waals surface area contributed by atoms with E-state index in [4.69, 9.17) is 16.3 Å². The maximum absolute atomic E-state index is 11.7. The molecule has 3 heterocycles. The highest BCUT2D eigenvalue weighted by Crippen LogP contribution is 2.46. The lowest BCUT2D eigenvalue weighted by molar-refractivity contribution is -0.125. The zero-order valence-electron chi connectivity index (χ0n) is 21.1. The first-order valence-corrected chi connectivity index (χ1v) is 12.9. The molecule has 5 rings (SSSR count). The average Bonchev–Trinajstić information content (AvgIpc) is 3.03. The molecule has 0 radical (unpaired) electrons. The summed E-state index contributed by atoms with van der Waals surface area (Å²) in [5.74, 6) is -0.317. The lowest BCUT2D eigenvalue weighted by atomic mass is 9.66. The maximum atomic E-state index is 11.7. The highest BCUT2D eigenvalue weighted by molar-refractivity contribution is 6.30. The number of carbonyl (C=O) groups is 1. The summed E-state index contributed by atoms with van der Waals surface area (Å²) < 4.78 is 5.99. The van der Waals surface area contributed by atoms with Crippen molar-refractivity contribution in [3.8, 4) is 5.75 Å². The average molecular weight is 519 g/mol. The van der Waals surface area contributed by atoms with Gasteiger partial charge in [0.15, 0.2) is 0 Å². The molecule has 37 heavy (non-hydrogen) atoms. The molecule has 0 aliphatic carbocycles. The summed E-state index contributed by atoms with van der Waals surface area (Å²) in [7, 11) is 0. The Balaban J connectivity index is 1.38. The van der Waals surface area contributed by atoms with E-state index in [-0.39, 0.29) is 11.0 Å². The van der Waals surface area contributed by atoms with Crippen molar-refractivity contribution < 1.29 is 19.7 Å². The van der Waals surface area contributed by atoms with Crippen molar-refractivity contribution in [2.45, 2.75) is 38.9 Å². The van der Waals surface area contributed by atoms with Crippen LogP contribution in [0.15, 0.2) is 66.9 Å². The number of hydrogen-bond donors (Lipinski definition) is 2. The molecule has 3 aromatic rings. The number of hydrogen-bond acceptors (Lipinski definition) is 5. The minimum Gasteiger partial charge on any atom is -0.487 e. The number of likely N-dealkylation sites (tertiary alicyclic amines) is 1. The van der Waals surface area contributed by atoms with Crippen LogP contribution in [-0.4, -0.2) is 45.7 Å². The van der Waals surface area contributed by atoms with E-state index >= 15 is 0 Å². The fraction of sp³-hybridized carbons (Fsp3) is 0.333. The monoisotopic (exact) mass is 518 g/mol. The van der Waals surface area contributed by atoms with Gasteiger partial charge in [-0.15, -0.1) is 0 Å². The number of carboxylic acids is 1. The zero-order valence-corrected chi connectivity index (χ0v) is 21.8. The van der Waals surface area contributed by atoms with Gasteiger partial charge in [-0.05, 0) is 60.4 Å². The van der Waals surface area contributed by atoms with Gasteiger partial charge in [0.05, 0.1) is 16.9 Å². The molecular weight excluding hydrogens is 488 g/mol. The Kier molecular flexibility index (Phi) is 6.84. The van der Waals surface area contributed by atoms with Crippen molar-refractivity contribution in [3.05, 3.63) is 99.8 Å². The van der Waals surface area contributed by atoms with Gasteiger partial charge >= 0.3 is 5.97 Å². The fourth-order valence-electron chi connectivity index (χ4n) is 5.58. The summed E-state index contributed by atoms with van der Waals surface area (Å²) in [6.07, 6.45) is 5.29. The molecule has 192 valence electrons. The first-order chi connectivity index (χ1) is 17.7. The van der Waals surface area contributed by atoms with Gasteiger partial charge in [-0.2, -0.15) is 0 Å². The van der Waals surface area contributed by atoms with Crippen molar-refractivity contribution >= 4 is 23.1 Å². The number of carboxylic acid groups (broad SMARTS) is 1. The van der Waals surface area contributed by atoms with Gasteiger partial charge in [-0.3, -0.25) is 4.98 Å². The molecule has 0 amide bonds. The summed E-state index contributed by atoms with van der Waals surface area (Å²) in [4.78, 5) is 18.6. The Labute approximate surface area is 222 Å². The number of aromatic nitrogens is 1. The molecule has 0 spiro atoms. The predicted octanol–water partition coefficient (Wildman–Crippen LogP) is 5.77. The van der Waals surface area contributed by atoms with Gasteiger partial charge in [-0.25, -0.2) is 4.79 Å². The van der Waals surface area contributed by atoms with Crippen LogP contribution in [0, 0.1) is 5.41 Å². The molecule has 6 nitrogen and oxygen atoms in total. The topological polar surface area (TPSA) is 82.9 Å². The predicted molar refractivity (Wildman–Crippen MR) is 144 cm³/mol. The molecule has 1 fully saturated rings. The summed E-state index contributed by atoms with van der Waals surface area (Å²) in [5.41, 5.74) is 3.32. The lowest BCUT2D eigenvalue weighted by Crippen LogP contribution is -2.55. The van der Waals surface area contributed by atoms with Gasteiger partial charge in [-0.1, -0.05) is 49.7 Å². The van der Waals surface area contributed by atoms with Crippen molar-refractivity contribution in [1.82, 2.24) is 9.88 Å². The number of aromatic carboxylic acids is 1. The Hall–Kier alpha value is -3.19. The van der Waals surface area contributed by atoms with Crippen LogP contribution in [0.3, 0.4) is 0 Å². The molecule has 7 heteroatoms. The first kappa shape index (κ1) is 25.5. The van der Waals surface area contributed by atoms with Gasteiger partial charge in [0.25, 0.3) is 0 Å². The van der Waals surface area contributed by atoms with Crippen LogP contribution in [0.2, 0.25) is 5.02 Å². The van der Waals surface area contributed by atoms with E-state index in [2.05, 4.69) is 29.8 Å². The Bertz CT molecular complexity index is 1350. The summed E-state index contributed by atoms with van der Waals surface area (Å²) >= 11 is 6.07. The Morgan fingerprint density at radius 3 is 2.68 bits per heavy atom. The lowest BCUT2D eigenvalue weighted by Gasteiger charge is -2.50. The number of nitrogens with zero attached hydrogens (tertiary/aromatic N) is 2. The molecule has 2 N–H and O–H groups in total. The molecule has 1 saturated heterocycles. The number of fused-ring (bicyclic) bond motifs is 2. The third-order valence-corrected chi connectivity index (χ3v) is 7.96.